The number of fused-ring (bicyclic) bond motifs is 4. The second kappa shape index (κ2) is 19.2. The minimum atomic E-state index is -2.33. The van der Waals surface area contributed by atoms with Crippen LogP contribution in [0.25, 0.3) is 83.6 Å². The van der Waals surface area contributed by atoms with Crippen LogP contribution in [0.3, 0.4) is 0 Å². The van der Waals surface area contributed by atoms with Gasteiger partial charge in [-0.3, -0.25) is 14.4 Å². The minimum Gasteiger partial charge on any atom is -0.501 e. The van der Waals surface area contributed by atoms with Crippen LogP contribution in [0.5, 0.6) is 0 Å². The molecule has 0 atom stereocenters. The molecule has 4 aromatic heterocycles. The molecule has 10 rings (SSSR count). The summed E-state index contributed by atoms with van der Waals surface area (Å²) in [5.41, 5.74) is 17.5. The van der Waals surface area contributed by atoms with Crippen molar-refractivity contribution < 1.29 is 33.0 Å². The average Bonchev–Trinajstić information content (AvgIpc) is 3.92. The molecule has 68 heavy (non-hydrogen) atoms. The summed E-state index contributed by atoms with van der Waals surface area (Å²) in [5.74, 6) is 0.816. The van der Waals surface area contributed by atoms with Crippen LogP contribution < -0.4 is 0 Å². The fraction of sp³-hybridized carbons (Fsp3) is 0.230. The van der Waals surface area contributed by atoms with Gasteiger partial charge in [-0.05, 0) is 100 Å². The number of pyridine rings is 2. The van der Waals surface area contributed by atoms with Crippen molar-refractivity contribution in [3.8, 4) is 50.6 Å². The Bertz CT molecular complexity index is 3540. The first-order chi connectivity index (χ1) is 33.3. The van der Waals surface area contributed by atoms with Gasteiger partial charge in [0.05, 0.1) is 28.1 Å². The third-order valence-electron chi connectivity index (χ3n) is 12.8. The second-order valence-corrected chi connectivity index (χ2v) is 19.1. The molecule has 0 aliphatic rings. The van der Waals surface area contributed by atoms with Gasteiger partial charge >= 0.3 is 0 Å². The van der Waals surface area contributed by atoms with Crippen molar-refractivity contribution in [3.63, 3.8) is 0 Å². The van der Waals surface area contributed by atoms with Gasteiger partial charge in [-0.1, -0.05) is 163 Å². The van der Waals surface area contributed by atoms with Gasteiger partial charge in [-0.25, -0.2) is 0 Å². The van der Waals surface area contributed by atoms with Gasteiger partial charge in [0.25, 0.3) is 0 Å². The number of halogens is 1. The molecular weight excluding hydrogens is 1020 g/mol. The van der Waals surface area contributed by atoms with E-state index in [1.165, 1.54) is 34.0 Å². The first kappa shape index (κ1) is 44.0. The maximum Gasteiger partial charge on any atom is 0.121 e. The Morgan fingerprint density at radius 1 is 0.691 bits per heavy atom. The molecule has 0 N–H and O–H groups in total. The van der Waals surface area contributed by atoms with E-state index in [4.69, 9.17) is 18.5 Å². The Kier molecular flexibility index (Phi) is 12.4. The van der Waals surface area contributed by atoms with Gasteiger partial charge in [0.2, 0.25) is 0 Å². The van der Waals surface area contributed by atoms with Crippen LogP contribution in [0.4, 0.5) is 4.39 Å². The van der Waals surface area contributed by atoms with E-state index in [1.807, 2.05) is 12.1 Å². The number of aromatic nitrogens is 4. The fourth-order valence-corrected chi connectivity index (χ4v) is 8.98. The first-order valence-electron chi connectivity index (χ1n) is 24.5. The molecule has 345 valence electrons. The third kappa shape index (κ3) is 9.10. The van der Waals surface area contributed by atoms with Gasteiger partial charge in [0.1, 0.15) is 5.58 Å². The summed E-state index contributed by atoms with van der Waals surface area (Å²) in [5, 5.41) is 2.13. The molecule has 1 radical (unpaired) electrons. The van der Waals surface area contributed by atoms with Crippen LogP contribution in [0, 0.1) is 45.6 Å². The number of hydrogen-bond acceptors (Lipinski definition) is 4. The van der Waals surface area contributed by atoms with E-state index >= 15 is 0 Å². The molecule has 10 aromatic rings. The first-order valence-corrected chi connectivity index (χ1v) is 23.0. The zero-order valence-electron chi connectivity index (χ0n) is 43.3. The third-order valence-corrected chi connectivity index (χ3v) is 12.8. The van der Waals surface area contributed by atoms with Gasteiger partial charge < -0.3 is 14.0 Å². The molecule has 0 spiro atoms. The van der Waals surface area contributed by atoms with Crippen molar-refractivity contribution in [2.24, 2.45) is 0 Å². The standard InChI is InChI=1S/C45H40N3O.C16H17FN.Ir/c1-26(2)35-18-12-19-36(27(3)4)43(35)48-42-30(7)46-29(6)28(5)41(42)47-45(48)39-21-13-20-38-37-23-22-34(25-40(37)49-44(38)39)33-17-11-16-32(24-33)31-14-9-8-10-15-31;1-11-5-7-13(14(17)9-11)15-8-6-12(10-18-15)16(2,3)4;/h8-20,22-27H,1-7H3;5-6,8-10H,1-4H3;/q2*-1;/i;1D3;. The summed E-state index contributed by atoms with van der Waals surface area (Å²) in [4.78, 5) is 14.7. The zero-order valence-corrected chi connectivity index (χ0v) is 42.7. The van der Waals surface area contributed by atoms with E-state index in [1.54, 1.807) is 12.3 Å². The minimum absolute atomic E-state index is 0. The largest absolute Gasteiger partial charge is 0.501 e. The number of aryl methyl sites for hydroxylation is 4. The summed E-state index contributed by atoms with van der Waals surface area (Å²) in [7, 11) is 0. The SMILES string of the molecule is Cc1nc(C)c2c(nc(-c3[c-]ccc4c3oc3cc(-c5cccc(-c6ccccc6)c5)ccc34)n2-c2c(C(C)C)cccc2C(C)C)c1C.[2H]C([2H])([2H])c1c[c-]c(-c2ccc(C(C)(C)C)cn2)c(F)c1.[Ir]. The Morgan fingerprint density at radius 3 is 2.01 bits per heavy atom. The summed E-state index contributed by atoms with van der Waals surface area (Å²) in [6, 6.07) is 48.8. The van der Waals surface area contributed by atoms with Crippen LogP contribution in [0.15, 0.2) is 138 Å². The normalized spacial score (nSPS) is 12.5. The van der Waals surface area contributed by atoms with Crippen LogP contribution in [-0.2, 0) is 25.5 Å². The van der Waals surface area contributed by atoms with E-state index in [2.05, 4.69) is 188 Å². The molecular formula is C61H57FIrN4O-2. The quantitative estimate of drug-likeness (QED) is 0.149. The number of para-hydroxylation sites is 1. The summed E-state index contributed by atoms with van der Waals surface area (Å²) >= 11 is 0. The van der Waals surface area contributed by atoms with E-state index in [9.17, 15) is 4.39 Å². The van der Waals surface area contributed by atoms with Crippen molar-refractivity contribution in [1.29, 1.82) is 0 Å². The molecule has 0 saturated carbocycles. The van der Waals surface area contributed by atoms with Crippen LogP contribution in [0.2, 0.25) is 0 Å². The Labute approximate surface area is 418 Å². The Hall–Kier alpha value is -6.53. The van der Waals surface area contributed by atoms with Gasteiger partial charge in [0.15, 0.2) is 0 Å². The van der Waals surface area contributed by atoms with Gasteiger partial charge in [0, 0.05) is 53.0 Å². The molecule has 6 aromatic carbocycles. The predicted octanol–water partition coefficient (Wildman–Crippen LogP) is 16.6. The summed E-state index contributed by atoms with van der Waals surface area (Å²) in [6.45, 7) is 19.2. The second-order valence-electron chi connectivity index (χ2n) is 19.1. The molecule has 7 heteroatoms. The molecule has 0 aliphatic carbocycles. The van der Waals surface area contributed by atoms with Crippen molar-refractivity contribution in [3.05, 3.63) is 191 Å². The number of hydrogen-bond donors (Lipinski definition) is 0. The number of imidazole rings is 1. The molecule has 0 bridgehead atoms. The van der Waals surface area contributed by atoms with E-state index in [0.717, 1.165) is 84.1 Å². The Morgan fingerprint density at radius 2 is 1.37 bits per heavy atom. The van der Waals surface area contributed by atoms with Gasteiger partial charge in [-0.15, -0.1) is 42.0 Å². The van der Waals surface area contributed by atoms with Crippen molar-refractivity contribution in [1.82, 2.24) is 19.5 Å². The topological polar surface area (TPSA) is 56.7 Å². The zero-order chi connectivity index (χ0) is 49.8. The number of rotatable bonds is 7. The summed E-state index contributed by atoms with van der Waals surface area (Å²) in [6.07, 6.45) is 1.71. The number of furan rings is 1. The van der Waals surface area contributed by atoms with Gasteiger partial charge in [-0.2, -0.15) is 0 Å². The number of nitrogens with zero attached hydrogens (tertiary/aromatic N) is 4. The Balaban J connectivity index is 0.000000259. The van der Waals surface area contributed by atoms with Crippen LogP contribution >= 0.6 is 0 Å². The predicted molar refractivity (Wildman–Crippen MR) is 276 cm³/mol. The molecule has 0 amide bonds. The van der Waals surface area contributed by atoms with E-state index in [-0.39, 0.29) is 36.6 Å². The maximum atomic E-state index is 14.1. The maximum absolute atomic E-state index is 14.1. The van der Waals surface area contributed by atoms with Crippen molar-refractivity contribution in [2.45, 2.75) is 93.3 Å². The molecule has 0 fully saturated rings. The van der Waals surface area contributed by atoms with Crippen LogP contribution in [0.1, 0.15) is 104 Å². The smallest absolute Gasteiger partial charge is 0.121 e. The van der Waals surface area contributed by atoms with E-state index < -0.39 is 12.7 Å². The average molecular weight is 1080 g/mol. The molecule has 0 saturated heterocycles. The fourth-order valence-electron chi connectivity index (χ4n) is 8.98. The molecule has 5 nitrogen and oxygen atoms in total. The monoisotopic (exact) mass is 1080 g/mol. The molecule has 4 heterocycles. The van der Waals surface area contributed by atoms with Crippen molar-refractivity contribution >= 4 is 33.0 Å². The summed E-state index contributed by atoms with van der Waals surface area (Å²) < 4.78 is 45.1. The molecule has 0 aliphatic heterocycles. The number of benzene rings is 6. The van der Waals surface area contributed by atoms with E-state index in [0.29, 0.717) is 17.5 Å². The van der Waals surface area contributed by atoms with Crippen LogP contribution in [-0.4, -0.2) is 19.5 Å². The van der Waals surface area contributed by atoms with Crippen molar-refractivity contribution in [2.75, 3.05) is 0 Å². The molecule has 0 unspecified atom stereocenters.